The summed E-state index contributed by atoms with van der Waals surface area (Å²) in [5.41, 5.74) is 14.6. The molecule has 0 unspecified atom stereocenters. The smallest absolute Gasteiger partial charge is 0.136 e. The number of rotatable bonds is 5. The Morgan fingerprint density at radius 2 is 0.895 bits per heavy atom. The van der Waals surface area contributed by atoms with Crippen LogP contribution in [0.15, 0.2) is 185 Å². The fourth-order valence-electron chi connectivity index (χ4n) is 9.92. The molecule has 0 radical (unpaired) electrons. The molecule has 2 heterocycles. The van der Waals surface area contributed by atoms with E-state index in [2.05, 4.69) is 176 Å². The van der Waals surface area contributed by atoms with Gasteiger partial charge in [-0.15, -0.1) is 0 Å². The molecule has 2 aromatic heterocycles. The Hall–Kier alpha value is -6.90. The molecule has 9 aromatic carbocycles. The lowest BCUT2D eigenvalue weighted by atomic mass is 9.83. The van der Waals surface area contributed by atoms with Gasteiger partial charge >= 0.3 is 0 Å². The van der Waals surface area contributed by atoms with Crippen molar-refractivity contribution < 1.29 is 8.83 Å². The Balaban J connectivity index is 1.12. The molecule has 2 nitrogen and oxygen atoms in total. The topological polar surface area (TPSA) is 26.3 Å². The Bertz CT molecular complexity index is 3300. The number of para-hydroxylation sites is 1. The van der Waals surface area contributed by atoms with Gasteiger partial charge in [0.2, 0.25) is 0 Å². The van der Waals surface area contributed by atoms with E-state index < -0.39 is 0 Å². The minimum Gasteiger partial charge on any atom is -0.456 e. The zero-order valence-corrected chi connectivity index (χ0v) is 31.5. The van der Waals surface area contributed by atoms with Gasteiger partial charge in [0, 0.05) is 21.5 Å². The number of fused-ring (bicyclic) bond motifs is 8. The number of furan rings is 2. The van der Waals surface area contributed by atoms with Crippen LogP contribution in [-0.2, 0) is 0 Å². The highest BCUT2D eigenvalue weighted by Crippen LogP contribution is 2.49. The maximum absolute atomic E-state index is 6.75. The van der Waals surface area contributed by atoms with Crippen molar-refractivity contribution in [3.05, 3.63) is 181 Å². The van der Waals surface area contributed by atoms with E-state index >= 15 is 0 Å². The summed E-state index contributed by atoms with van der Waals surface area (Å²) in [6, 6.07) is 64.2. The summed E-state index contributed by atoms with van der Waals surface area (Å²) in [6.07, 6.45) is 5.19. The van der Waals surface area contributed by atoms with E-state index in [0.717, 1.165) is 49.6 Å². The van der Waals surface area contributed by atoms with Crippen molar-refractivity contribution in [1.29, 1.82) is 0 Å². The first-order valence-electron chi connectivity index (χ1n) is 20.3. The van der Waals surface area contributed by atoms with Crippen molar-refractivity contribution in [3.8, 4) is 44.5 Å². The Morgan fingerprint density at radius 1 is 0.333 bits per heavy atom. The molecule has 11 aromatic rings. The SMILES string of the molecule is c1ccc(-c2cccc(-c3c4ccccc4c(-c4cc(-c5ccc6oc7ccc(C8CCCC8)cc7c6c5)cc5oc6ccccc6c45)c4ccccc34)c2)cc1. The van der Waals surface area contributed by atoms with Gasteiger partial charge in [-0.1, -0.05) is 140 Å². The normalized spacial score (nSPS) is 13.6. The quantitative estimate of drug-likeness (QED) is 0.165. The van der Waals surface area contributed by atoms with Crippen LogP contribution in [0.1, 0.15) is 37.2 Å². The Kier molecular flexibility index (Phi) is 7.28. The summed E-state index contributed by atoms with van der Waals surface area (Å²) >= 11 is 0. The van der Waals surface area contributed by atoms with Gasteiger partial charge in [0.15, 0.2) is 0 Å². The second-order valence-corrected chi connectivity index (χ2v) is 15.8. The van der Waals surface area contributed by atoms with Crippen LogP contribution in [0.3, 0.4) is 0 Å². The summed E-state index contributed by atoms with van der Waals surface area (Å²) < 4.78 is 13.2. The van der Waals surface area contributed by atoms with E-state index in [-0.39, 0.29) is 0 Å². The highest BCUT2D eigenvalue weighted by Gasteiger charge is 2.23. The highest BCUT2D eigenvalue weighted by molar-refractivity contribution is 6.26. The molecule has 0 saturated heterocycles. The van der Waals surface area contributed by atoms with Gasteiger partial charge in [-0.25, -0.2) is 0 Å². The zero-order valence-electron chi connectivity index (χ0n) is 31.5. The van der Waals surface area contributed by atoms with Gasteiger partial charge < -0.3 is 8.83 Å². The first-order chi connectivity index (χ1) is 28.2. The average molecular weight is 731 g/mol. The first-order valence-corrected chi connectivity index (χ1v) is 20.3. The maximum Gasteiger partial charge on any atom is 0.136 e. The van der Waals surface area contributed by atoms with Crippen LogP contribution in [0, 0.1) is 0 Å². The van der Waals surface area contributed by atoms with Crippen molar-refractivity contribution in [1.82, 2.24) is 0 Å². The number of hydrogen-bond acceptors (Lipinski definition) is 2. The van der Waals surface area contributed by atoms with Gasteiger partial charge in [0.05, 0.1) is 0 Å². The van der Waals surface area contributed by atoms with Gasteiger partial charge in [-0.2, -0.15) is 0 Å². The fraction of sp³-hybridized carbons (Fsp3) is 0.0909. The minimum atomic E-state index is 0.643. The first kappa shape index (κ1) is 32.4. The molecule has 1 aliphatic carbocycles. The van der Waals surface area contributed by atoms with Gasteiger partial charge in [0.25, 0.3) is 0 Å². The highest BCUT2D eigenvalue weighted by atomic mass is 16.3. The number of benzene rings is 9. The number of hydrogen-bond donors (Lipinski definition) is 0. The molecule has 270 valence electrons. The van der Waals surface area contributed by atoms with E-state index in [1.807, 2.05) is 0 Å². The standard InChI is InChI=1S/C55H38O2/c1-2-13-34(14-3-1)36-17-12-18-39(29-36)53-41-19-6-8-21-43(41)54(44-22-9-7-20-42(44)53)48-32-40(33-52-55(48)45-23-10-11-24-49(45)57-52)38-26-28-51-47(31-38)46-30-37(25-27-50(46)56-51)35-15-4-5-16-35/h1-3,6-14,17-33,35H,4-5,15-16H2. The summed E-state index contributed by atoms with van der Waals surface area (Å²) in [6.45, 7) is 0. The van der Waals surface area contributed by atoms with Gasteiger partial charge in [-0.3, -0.25) is 0 Å². The van der Waals surface area contributed by atoms with Crippen molar-refractivity contribution in [3.63, 3.8) is 0 Å². The van der Waals surface area contributed by atoms with Crippen LogP contribution < -0.4 is 0 Å². The van der Waals surface area contributed by atoms with Crippen molar-refractivity contribution in [2.24, 2.45) is 0 Å². The van der Waals surface area contributed by atoms with Crippen LogP contribution in [-0.4, -0.2) is 0 Å². The van der Waals surface area contributed by atoms with Crippen LogP contribution >= 0.6 is 0 Å². The molecule has 0 amide bonds. The molecule has 1 saturated carbocycles. The second kappa shape index (κ2) is 12.8. The molecule has 1 aliphatic rings. The molecular weight excluding hydrogens is 693 g/mol. The molecule has 0 aliphatic heterocycles. The van der Waals surface area contributed by atoms with E-state index in [9.17, 15) is 0 Å². The van der Waals surface area contributed by atoms with Gasteiger partial charge in [-0.05, 0) is 139 Å². The lowest BCUT2D eigenvalue weighted by molar-refractivity contribution is 0.667. The average Bonchev–Trinajstić information content (AvgIpc) is 4.03. The molecule has 2 heteroatoms. The molecule has 0 bridgehead atoms. The Labute approximate surface area is 330 Å². The van der Waals surface area contributed by atoms with Crippen molar-refractivity contribution >= 4 is 65.4 Å². The van der Waals surface area contributed by atoms with E-state index in [1.54, 1.807) is 0 Å². The lowest BCUT2D eigenvalue weighted by Crippen LogP contribution is -1.92. The molecule has 0 N–H and O–H groups in total. The van der Waals surface area contributed by atoms with Crippen LogP contribution in [0.4, 0.5) is 0 Å². The predicted octanol–water partition coefficient (Wildman–Crippen LogP) is 16.1. The largest absolute Gasteiger partial charge is 0.456 e. The van der Waals surface area contributed by atoms with Gasteiger partial charge in [0.1, 0.15) is 22.3 Å². The Morgan fingerprint density at radius 3 is 1.65 bits per heavy atom. The predicted molar refractivity (Wildman–Crippen MR) is 239 cm³/mol. The van der Waals surface area contributed by atoms with E-state index in [4.69, 9.17) is 8.83 Å². The minimum absolute atomic E-state index is 0.643. The third-order valence-corrected chi connectivity index (χ3v) is 12.6. The van der Waals surface area contributed by atoms with Crippen molar-refractivity contribution in [2.75, 3.05) is 0 Å². The van der Waals surface area contributed by atoms with Crippen LogP contribution in [0.5, 0.6) is 0 Å². The third-order valence-electron chi connectivity index (χ3n) is 12.6. The molecule has 57 heavy (non-hydrogen) atoms. The summed E-state index contributed by atoms with van der Waals surface area (Å²) in [5.74, 6) is 0.643. The molecule has 0 atom stereocenters. The summed E-state index contributed by atoms with van der Waals surface area (Å²) in [7, 11) is 0. The molecule has 1 fully saturated rings. The molecule has 0 spiro atoms. The summed E-state index contributed by atoms with van der Waals surface area (Å²) in [4.78, 5) is 0. The lowest BCUT2D eigenvalue weighted by Gasteiger charge is -2.19. The monoisotopic (exact) mass is 730 g/mol. The van der Waals surface area contributed by atoms with Crippen LogP contribution in [0.25, 0.3) is 110 Å². The van der Waals surface area contributed by atoms with Crippen molar-refractivity contribution in [2.45, 2.75) is 31.6 Å². The molecule has 12 rings (SSSR count). The zero-order chi connectivity index (χ0) is 37.5. The van der Waals surface area contributed by atoms with E-state index in [1.165, 1.54) is 91.6 Å². The van der Waals surface area contributed by atoms with Crippen LogP contribution in [0.2, 0.25) is 0 Å². The summed E-state index contributed by atoms with van der Waals surface area (Å²) in [5, 5.41) is 9.51. The maximum atomic E-state index is 6.75. The molecular formula is C55H38O2. The second-order valence-electron chi connectivity index (χ2n) is 15.8. The third kappa shape index (κ3) is 5.17. The fourth-order valence-corrected chi connectivity index (χ4v) is 9.92. The van der Waals surface area contributed by atoms with E-state index in [0.29, 0.717) is 5.92 Å².